The molecule has 0 aromatic rings. The van der Waals surface area contributed by atoms with Crippen molar-refractivity contribution in [3.8, 4) is 0 Å². The van der Waals surface area contributed by atoms with Gasteiger partial charge in [-0.2, -0.15) is 0 Å². The van der Waals surface area contributed by atoms with E-state index in [0.717, 1.165) is 0 Å². The molecule has 0 bridgehead atoms. The van der Waals surface area contributed by atoms with Crippen molar-refractivity contribution in [1.82, 2.24) is 0 Å². The molecule has 0 aromatic heterocycles. The molecule has 0 spiro atoms. The Morgan fingerprint density at radius 3 is 0.993 bits per heavy atom. The first-order valence-corrected chi connectivity index (χ1v) is 46.8. The van der Waals surface area contributed by atoms with Crippen molar-refractivity contribution >= 4 is 23.9 Å². The van der Waals surface area contributed by atoms with Crippen LogP contribution >= 0.6 is 0 Å². The summed E-state index contributed by atoms with van der Waals surface area (Å²) in [5, 5.41) is 289. The first-order chi connectivity index (χ1) is 63.7. The minimum Gasteiger partial charge on any atom is -0.463 e. The molecule has 8 unspecified atom stereocenters. The number of aliphatic hydroxyl groups excluding tert-OH is 26. The molecule has 8 aliphatic heterocycles. The number of fused-ring (bicyclic) bond motifs is 1. The highest BCUT2D eigenvalue weighted by Gasteiger charge is 2.60. The van der Waals surface area contributed by atoms with E-state index in [1.165, 1.54) is 6.92 Å². The third-order valence-corrected chi connectivity index (χ3v) is 29.4. The molecule has 770 valence electrons. The van der Waals surface area contributed by atoms with Crippen LogP contribution in [0.15, 0.2) is 0 Å². The first-order valence-electron chi connectivity index (χ1n) is 46.8. The molecule has 49 heteroatoms. The van der Waals surface area contributed by atoms with Crippen molar-refractivity contribution in [2.75, 3.05) is 39.6 Å². The molecule has 134 heavy (non-hydrogen) atoms. The minimum atomic E-state index is -2.32. The van der Waals surface area contributed by atoms with Crippen LogP contribution in [0.2, 0.25) is 0 Å². The second-order valence-electron chi connectivity index (χ2n) is 38.6. The van der Waals surface area contributed by atoms with Gasteiger partial charge in [-0.15, -0.1) is 0 Å². The summed E-state index contributed by atoms with van der Waals surface area (Å²) in [7, 11) is 0. The molecule has 8 heterocycles. The molecule has 14 aliphatic rings. The summed E-state index contributed by atoms with van der Waals surface area (Å²) < 4.78 is 113. The maximum Gasteiger partial charge on any atom is 0.309 e. The van der Waals surface area contributed by atoms with Crippen LogP contribution < -0.4 is 0 Å². The van der Waals surface area contributed by atoms with Crippen molar-refractivity contribution in [2.24, 2.45) is 35.5 Å². The average molecular weight is 1940 g/mol. The lowest BCUT2D eigenvalue weighted by Gasteiger charge is -2.52. The molecule has 26 N–H and O–H groups in total. The summed E-state index contributed by atoms with van der Waals surface area (Å²) in [5.41, 5.74) is 0. The number of hydrogen-bond acceptors (Lipinski definition) is 49. The molecule has 6 aliphatic carbocycles. The summed E-state index contributed by atoms with van der Waals surface area (Å²) in [6.07, 6.45) is -74.6. The number of esters is 4. The van der Waals surface area contributed by atoms with E-state index >= 15 is 0 Å². The lowest BCUT2D eigenvalue weighted by atomic mass is 9.72. The fourth-order valence-corrected chi connectivity index (χ4v) is 20.9. The molecule has 8 saturated heterocycles. The topological polar surface area (TPSA) is 770 Å². The van der Waals surface area contributed by atoms with Crippen LogP contribution in [0.3, 0.4) is 0 Å². The monoisotopic (exact) mass is 1940 g/mol. The highest BCUT2D eigenvalue weighted by atomic mass is 16.8. The highest BCUT2D eigenvalue weighted by molar-refractivity contribution is 5.74. The lowest BCUT2D eigenvalue weighted by molar-refractivity contribution is -0.383. The Morgan fingerprint density at radius 1 is 0.269 bits per heavy atom. The third kappa shape index (κ3) is 24.5. The van der Waals surface area contributed by atoms with Crippen LogP contribution in [-0.4, -0.2) is 484 Å². The van der Waals surface area contributed by atoms with Crippen molar-refractivity contribution in [1.29, 1.82) is 0 Å². The summed E-state index contributed by atoms with van der Waals surface area (Å²) >= 11 is 0. The van der Waals surface area contributed by atoms with E-state index in [2.05, 4.69) is 0 Å². The normalized spacial score (nSPS) is 50.5. The second kappa shape index (κ2) is 46.7. The Labute approximate surface area is 768 Å². The fourth-order valence-electron chi connectivity index (χ4n) is 20.9. The van der Waals surface area contributed by atoms with Crippen LogP contribution in [0, 0.1) is 35.5 Å². The summed E-state index contributed by atoms with van der Waals surface area (Å²) in [6.45, 7) is -3.03. The zero-order valence-corrected chi connectivity index (χ0v) is 73.7. The first kappa shape index (κ1) is 106. The summed E-state index contributed by atoms with van der Waals surface area (Å²) in [6, 6.07) is 0. The van der Waals surface area contributed by atoms with E-state index in [4.69, 9.17) is 90.0 Å². The van der Waals surface area contributed by atoms with Crippen molar-refractivity contribution in [3.63, 3.8) is 0 Å². The number of hydrogen-bond donors (Lipinski definition) is 26. The standard InChI is InChI=1S/C85H136O49/c1-29-52(92)60(100)65(105)79(121-29)120-28-50-57(97)63(103)68(108)82(130-50)126-45-22-40-41(89)20-39(21-44(40)125-72(45)34-18-42(90)53(93)43(91)19-34)124-84-70(110)74(59(99)51(132-84)27-119-78(115)33-8-16-38(17-9-33)123-81-67(107)62(102)55(95)48(129-81)25-117-76(113)31-4-12-36(88)13-5-31)134-85-71(111)73(58(98)46(23-86)127-85)133-83-69(109)64(104)56(96)49(131-83)26-118-77(114)32-6-14-37(15-7-32)122-80-66(106)61(101)54(94)47(128-80)24-116-75(112)30-2-10-35(87)11-3-30/h29-74,79-111H,2-28H2,1H3/t29-,30?,31?,32?,33?,34?,35?,36?,37?,38?,39?,40?,41?,42?,43?,44?,45?,46+,47+,48+,49+,50+,51+,52-,53?,54+,55+,56+,57+,58+,59+,60+,61-,62-,63-,64-,65+,66+,67+,68+,69+,70+,71+,72?,73-,74-,79+,80+,81+,82+,83-,84+,85-/m0/s1. The molecular formula is C85H136O49. The van der Waals surface area contributed by atoms with Gasteiger partial charge >= 0.3 is 23.9 Å². The van der Waals surface area contributed by atoms with Gasteiger partial charge in [0.15, 0.2) is 44.0 Å². The fraction of sp³-hybridized carbons (Fsp3) is 0.953. The van der Waals surface area contributed by atoms with Crippen LogP contribution in [-0.2, 0) is 109 Å². The molecule has 43 atom stereocenters. The van der Waals surface area contributed by atoms with Crippen molar-refractivity contribution < 1.29 is 242 Å². The van der Waals surface area contributed by atoms with Crippen LogP contribution in [0.4, 0.5) is 0 Å². The van der Waals surface area contributed by atoms with Gasteiger partial charge in [0.2, 0.25) is 0 Å². The van der Waals surface area contributed by atoms with Gasteiger partial charge in [-0.3, -0.25) is 19.2 Å². The van der Waals surface area contributed by atoms with Crippen LogP contribution in [0.5, 0.6) is 0 Å². The third-order valence-electron chi connectivity index (χ3n) is 29.4. The smallest absolute Gasteiger partial charge is 0.309 e. The summed E-state index contributed by atoms with van der Waals surface area (Å²) in [4.78, 5) is 53.7. The van der Waals surface area contributed by atoms with E-state index in [1.54, 1.807) is 0 Å². The van der Waals surface area contributed by atoms with Crippen molar-refractivity contribution in [3.05, 3.63) is 0 Å². The lowest BCUT2D eigenvalue weighted by Crippen LogP contribution is -2.67. The van der Waals surface area contributed by atoms with Gasteiger partial charge in [0, 0.05) is 18.8 Å². The zero-order valence-electron chi connectivity index (χ0n) is 73.7. The zero-order chi connectivity index (χ0) is 96.4. The molecule has 0 radical (unpaired) electrons. The molecule has 49 nitrogen and oxygen atoms in total. The van der Waals surface area contributed by atoms with E-state index in [9.17, 15) is 152 Å². The van der Waals surface area contributed by atoms with Gasteiger partial charge in [-0.25, -0.2) is 0 Å². The van der Waals surface area contributed by atoms with Crippen LogP contribution in [0.1, 0.15) is 142 Å². The number of ether oxygens (including phenoxy) is 19. The maximum atomic E-state index is 14.2. The predicted molar refractivity (Wildman–Crippen MR) is 429 cm³/mol. The van der Waals surface area contributed by atoms with Gasteiger partial charge < -0.3 is 223 Å². The van der Waals surface area contributed by atoms with Crippen LogP contribution in [0.25, 0.3) is 0 Å². The highest BCUT2D eigenvalue weighted by Crippen LogP contribution is 2.47. The Hall–Kier alpha value is -3.76. The molecule has 6 saturated carbocycles. The van der Waals surface area contributed by atoms with Gasteiger partial charge in [0.1, 0.15) is 197 Å². The molecule has 14 rings (SSSR count). The number of carbonyl (C=O) groups excluding carboxylic acids is 4. The van der Waals surface area contributed by atoms with E-state index < -0.39 is 387 Å². The largest absolute Gasteiger partial charge is 0.463 e. The van der Waals surface area contributed by atoms with E-state index in [0.29, 0.717) is 51.4 Å². The Kier molecular flexibility index (Phi) is 37.0. The van der Waals surface area contributed by atoms with E-state index in [-0.39, 0.29) is 83.5 Å². The summed E-state index contributed by atoms with van der Waals surface area (Å²) in [5.74, 6) is -7.37. The number of rotatable bonds is 29. The van der Waals surface area contributed by atoms with Gasteiger partial charge in [0.25, 0.3) is 0 Å². The Bertz CT molecular complexity index is 3660. The van der Waals surface area contributed by atoms with Gasteiger partial charge in [-0.05, 0) is 135 Å². The average Bonchev–Trinajstić information content (AvgIpc) is 0.767. The minimum absolute atomic E-state index is 0.0656. The van der Waals surface area contributed by atoms with Crippen molar-refractivity contribution in [2.45, 2.75) is 430 Å². The molecule has 0 aromatic carbocycles. The number of carbonyl (C=O) groups is 4. The number of aliphatic hydroxyl groups is 26. The van der Waals surface area contributed by atoms with E-state index in [1.807, 2.05) is 0 Å². The molecule has 0 amide bonds. The predicted octanol–water partition coefficient (Wildman–Crippen LogP) is -11.7. The molecular weight excluding hydrogens is 1800 g/mol. The van der Waals surface area contributed by atoms with Gasteiger partial charge in [0.05, 0.1) is 110 Å². The quantitative estimate of drug-likeness (QED) is 0.0244. The Balaban J connectivity index is 0.632. The second-order valence-corrected chi connectivity index (χ2v) is 38.6. The maximum absolute atomic E-state index is 14.2. The molecule has 14 fully saturated rings. The Morgan fingerprint density at radius 2 is 0.590 bits per heavy atom. The van der Waals surface area contributed by atoms with Gasteiger partial charge in [-0.1, -0.05) is 0 Å². The SMILES string of the molecule is C[C@@H]1O[C@@H](OC[C@H]2O[C@@H](OC3CC4C(O)CC(O[C@@H]5O[C@H](COC(=O)C6CCC(O[C@@H]7O[C@H](COC(=O)C8CCC(O)CC8)[C@@H](O)[C@H](O)[C@H]7O)CC6)[C@@H](O)[C@H](O[C@@H]6O[C@H](CO)[C@@H](O)[C@H](O[C@@H]7O[C@H](COC(=O)C8CCC(O[C@@H]9O[C@H](COC(=O)C%10CCC(O)CC%10)[C@@H](O)[C@H](O)[C@H]9O)CC8)[C@@H](O)[C@H](O)[C@H]7O)[C@H]6O)[C@H]5O)CC4OC3C3CC(O)C(O)C(O)C3)[C@H](O)[C@@H](O)[C@@H]2O)[C@H](O)[C@H](O)[C@H]1O.